The van der Waals surface area contributed by atoms with Crippen LogP contribution in [0.2, 0.25) is 0 Å². The van der Waals surface area contributed by atoms with E-state index < -0.39 is 4.92 Å². The summed E-state index contributed by atoms with van der Waals surface area (Å²) in [4.78, 5) is 9.80. The van der Waals surface area contributed by atoms with Crippen LogP contribution >= 0.6 is 0 Å². The van der Waals surface area contributed by atoms with Gasteiger partial charge in [0.05, 0.1) is 10.6 Å². The van der Waals surface area contributed by atoms with Gasteiger partial charge in [0.2, 0.25) is 0 Å². The van der Waals surface area contributed by atoms with Crippen LogP contribution in [0.1, 0.15) is 5.56 Å². The maximum absolute atomic E-state index is 10.3. The van der Waals surface area contributed by atoms with E-state index >= 15 is 0 Å². The number of nitro benzene ring substituents is 1. The molecule has 0 bridgehead atoms. The molecule has 0 aliphatic carbocycles. The third-order valence-electron chi connectivity index (χ3n) is 1.50. The molecule has 2 N–H and O–H groups in total. The second-order valence-corrected chi connectivity index (χ2v) is 2.39. The summed E-state index contributed by atoms with van der Waals surface area (Å²) in [6.07, 6.45) is 0. The first-order valence-electron chi connectivity index (χ1n) is 3.59. The highest BCUT2D eigenvalue weighted by Crippen LogP contribution is 2.18. The molecule has 0 aliphatic heterocycles. The molecule has 0 saturated carbocycles. The Labute approximate surface area is 79.9 Å². The topological polar surface area (TPSA) is 92.9 Å². The predicted molar refractivity (Wildman–Crippen MR) is 50.0 cm³/mol. The summed E-state index contributed by atoms with van der Waals surface area (Å²) < 4.78 is 0. The van der Waals surface area contributed by atoms with Gasteiger partial charge in [0.15, 0.2) is 6.07 Å². The van der Waals surface area contributed by atoms with Gasteiger partial charge in [0.1, 0.15) is 0 Å². The minimum Gasteiger partial charge on any atom is -0.398 e. The van der Waals surface area contributed by atoms with E-state index in [4.69, 9.17) is 11.0 Å². The number of nitriles is 1. The molecule has 1 rings (SSSR count). The number of nitrogens with two attached hydrogens (primary N) is 1. The third-order valence-corrected chi connectivity index (χ3v) is 1.50. The van der Waals surface area contributed by atoms with Crippen molar-refractivity contribution >= 4 is 11.4 Å². The first-order chi connectivity index (χ1) is 6.65. The molecule has 0 amide bonds. The molecule has 0 atom stereocenters. The summed E-state index contributed by atoms with van der Waals surface area (Å²) >= 11 is 0. The Hall–Kier alpha value is -2.53. The minimum atomic E-state index is -0.544. The van der Waals surface area contributed by atoms with Crippen LogP contribution in [-0.2, 0) is 0 Å². The van der Waals surface area contributed by atoms with Crippen LogP contribution in [0.15, 0.2) is 18.2 Å². The molecule has 1 aromatic carbocycles. The standard InChI is InChI=1S/C9H5N3O2/c10-5-1-2-7-3-4-8(12(13)14)6-9(7)11/h3-4,6H,11H2. The third kappa shape index (κ3) is 1.99. The van der Waals surface area contributed by atoms with Crippen molar-refractivity contribution in [3.05, 3.63) is 33.9 Å². The predicted octanol–water partition coefficient (Wildman–Crippen LogP) is 1.05. The number of rotatable bonds is 1. The van der Waals surface area contributed by atoms with Gasteiger partial charge in [-0.3, -0.25) is 10.1 Å². The average Bonchev–Trinajstić information content (AvgIpc) is 2.15. The fourth-order valence-electron chi connectivity index (χ4n) is 0.873. The average molecular weight is 187 g/mol. The molecule has 1 aromatic rings. The van der Waals surface area contributed by atoms with Crippen molar-refractivity contribution in [2.45, 2.75) is 0 Å². The normalized spacial score (nSPS) is 8.21. The summed E-state index contributed by atoms with van der Waals surface area (Å²) in [5.74, 6) is 4.63. The quantitative estimate of drug-likeness (QED) is 0.308. The highest BCUT2D eigenvalue weighted by Gasteiger charge is 2.06. The van der Waals surface area contributed by atoms with Crippen molar-refractivity contribution in [1.29, 1.82) is 5.26 Å². The van der Waals surface area contributed by atoms with Crippen molar-refractivity contribution in [1.82, 2.24) is 0 Å². The summed E-state index contributed by atoms with van der Waals surface area (Å²) in [6, 6.07) is 5.54. The molecule has 5 nitrogen and oxygen atoms in total. The van der Waals surface area contributed by atoms with Crippen molar-refractivity contribution in [3.8, 4) is 17.9 Å². The lowest BCUT2D eigenvalue weighted by atomic mass is 10.1. The van der Waals surface area contributed by atoms with Crippen molar-refractivity contribution in [2.75, 3.05) is 5.73 Å². The maximum Gasteiger partial charge on any atom is 0.271 e. The lowest BCUT2D eigenvalue weighted by Crippen LogP contribution is -1.93. The number of anilines is 1. The number of nitro groups is 1. The Morgan fingerprint density at radius 2 is 2.21 bits per heavy atom. The SMILES string of the molecule is N#CC#Cc1ccc([N+](=O)[O-])cc1N. The van der Waals surface area contributed by atoms with Crippen molar-refractivity contribution < 1.29 is 4.92 Å². The molecule has 14 heavy (non-hydrogen) atoms. The molecule has 0 heterocycles. The Kier molecular flexibility index (Phi) is 2.68. The smallest absolute Gasteiger partial charge is 0.271 e. The van der Waals surface area contributed by atoms with E-state index in [-0.39, 0.29) is 11.4 Å². The zero-order chi connectivity index (χ0) is 10.6. The monoisotopic (exact) mass is 187 g/mol. The van der Waals surface area contributed by atoms with Gasteiger partial charge < -0.3 is 5.73 Å². The van der Waals surface area contributed by atoms with Gasteiger partial charge in [-0.15, -0.1) is 0 Å². The number of nitrogens with zero attached hydrogens (tertiary/aromatic N) is 2. The second kappa shape index (κ2) is 3.92. The van der Waals surface area contributed by atoms with Crippen molar-refractivity contribution in [2.24, 2.45) is 0 Å². The van der Waals surface area contributed by atoms with Crippen LogP contribution in [0.4, 0.5) is 11.4 Å². The molecule has 0 radical (unpaired) electrons. The molecule has 0 aromatic heterocycles. The Bertz CT molecular complexity index is 477. The van der Waals surface area contributed by atoms with Gasteiger partial charge in [0, 0.05) is 23.6 Å². The summed E-state index contributed by atoms with van der Waals surface area (Å²) in [5.41, 5.74) is 6.00. The largest absolute Gasteiger partial charge is 0.398 e. The van der Waals surface area contributed by atoms with Gasteiger partial charge in [-0.2, -0.15) is 5.26 Å². The molecule has 0 saturated heterocycles. The summed E-state index contributed by atoms with van der Waals surface area (Å²) in [5, 5.41) is 18.5. The van der Waals surface area contributed by atoms with Gasteiger partial charge in [0.25, 0.3) is 5.69 Å². The van der Waals surface area contributed by atoms with Gasteiger partial charge in [-0.05, 0) is 12.0 Å². The van der Waals surface area contributed by atoms with E-state index in [2.05, 4.69) is 11.8 Å². The Balaban J connectivity index is 3.15. The zero-order valence-corrected chi connectivity index (χ0v) is 7.02. The Morgan fingerprint density at radius 3 is 2.71 bits per heavy atom. The van der Waals surface area contributed by atoms with E-state index in [1.807, 2.05) is 0 Å². The van der Waals surface area contributed by atoms with Crippen LogP contribution in [-0.4, -0.2) is 4.92 Å². The highest BCUT2D eigenvalue weighted by atomic mass is 16.6. The number of non-ortho nitro benzene ring substituents is 1. The van der Waals surface area contributed by atoms with Crippen LogP contribution in [0.5, 0.6) is 0 Å². The van der Waals surface area contributed by atoms with Crippen molar-refractivity contribution in [3.63, 3.8) is 0 Å². The fourth-order valence-corrected chi connectivity index (χ4v) is 0.873. The van der Waals surface area contributed by atoms with Crippen LogP contribution in [0, 0.1) is 33.3 Å². The second-order valence-electron chi connectivity index (χ2n) is 2.39. The van der Waals surface area contributed by atoms with Crippen LogP contribution < -0.4 is 5.73 Å². The maximum atomic E-state index is 10.3. The van der Waals surface area contributed by atoms with E-state index in [1.54, 1.807) is 6.07 Å². The van der Waals surface area contributed by atoms with Crippen LogP contribution in [0.25, 0.3) is 0 Å². The van der Waals surface area contributed by atoms with E-state index in [9.17, 15) is 10.1 Å². The van der Waals surface area contributed by atoms with E-state index in [0.717, 1.165) is 0 Å². The molecule has 0 aliphatic rings. The summed E-state index contributed by atoms with van der Waals surface area (Å²) in [6.45, 7) is 0. The molecule has 0 spiro atoms. The lowest BCUT2D eigenvalue weighted by molar-refractivity contribution is -0.384. The molecule has 0 unspecified atom stereocenters. The number of nitrogen functional groups attached to an aromatic ring is 1. The summed E-state index contributed by atoms with van der Waals surface area (Å²) in [7, 11) is 0. The Morgan fingerprint density at radius 1 is 1.50 bits per heavy atom. The first kappa shape index (κ1) is 9.56. The molecular formula is C9H5N3O2. The fraction of sp³-hybridized carbons (Fsp3) is 0. The lowest BCUT2D eigenvalue weighted by Gasteiger charge is -1.96. The number of benzene rings is 1. The van der Waals surface area contributed by atoms with Gasteiger partial charge in [-0.1, -0.05) is 0 Å². The molecule has 5 heteroatoms. The molecular weight excluding hydrogens is 182 g/mol. The number of hydrogen-bond donors (Lipinski definition) is 1. The minimum absolute atomic E-state index is 0.0926. The van der Waals surface area contributed by atoms with Crippen LogP contribution in [0.3, 0.4) is 0 Å². The molecule has 68 valence electrons. The highest BCUT2D eigenvalue weighted by molar-refractivity contribution is 5.61. The molecule has 0 fully saturated rings. The first-order valence-corrected chi connectivity index (χ1v) is 3.59. The van der Waals surface area contributed by atoms with E-state index in [0.29, 0.717) is 5.56 Å². The zero-order valence-electron chi connectivity index (χ0n) is 7.02. The van der Waals surface area contributed by atoms with Gasteiger partial charge >= 0.3 is 0 Å². The van der Waals surface area contributed by atoms with E-state index in [1.165, 1.54) is 18.2 Å². The number of hydrogen-bond acceptors (Lipinski definition) is 4. The van der Waals surface area contributed by atoms with Gasteiger partial charge in [-0.25, -0.2) is 0 Å².